The molecule has 2 heterocycles. The number of hydrogen-bond donors (Lipinski definition) is 1. The highest BCUT2D eigenvalue weighted by Crippen LogP contribution is 2.40. The average molecular weight is 352 g/mol. The zero-order valence-electron chi connectivity index (χ0n) is 15.0. The van der Waals surface area contributed by atoms with Crippen molar-refractivity contribution in [3.05, 3.63) is 54.1 Å². The number of aromatic nitrogens is 2. The molecule has 0 radical (unpaired) electrons. The van der Waals surface area contributed by atoms with Gasteiger partial charge in [0.05, 0.1) is 12.5 Å². The van der Waals surface area contributed by atoms with Gasteiger partial charge in [0.1, 0.15) is 11.9 Å². The molecular formula is C20H24N4O2. The Kier molecular flexibility index (Phi) is 4.49. The molecule has 6 heteroatoms. The van der Waals surface area contributed by atoms with E-state index in [9.17, 15) is 9.59 Å². The lowest BCUT2D eigenvalue weighted by atomic mass is 9.94. The van der Waals surface area contributed by atoms with Crippen LogP contribution in [0.15, 0.2) is 42.7 Å². The SMILES string of the molecule is Cn1ccnc1[C@H]1[C@H](NC(=O)Cc2ccccc2)CCC(=O)N1C1CC1. The van der Waals surface area contributed by atoms with Crippen molar-refractivity contribution in [2.75, 3.05) is 0 Å². The Bertz CT molecular complexity index is 797. The van der Waals surface area contributed by atoms with E-state index in [0.29, 0.717) is 19.3 Å². The van der Waals surface area contributed by atoms with Gasteiger partial charge in [-0.2, -0.15) is 0 Å². The monoisotopic (exact) mass is 352 g/mol. The molecule has 2 fully saturated rings. The maximum absolute atomic E-state index is 12.6. The van der Waals surface area contributed by atoms with Crippen molar-refractivity contribution in [2.45, 2.75) is 50.2 Å². The lowest BCUT2D eigenvalue weighted by Gasteiger charge is -2.41. The van der Waals surface area contributed by atoms with E-state index < -0.39 is 0 Å². The molecule has 0 unspecified atom stereocenters. The van der Waals surface area contributed by atoms with Crippen LogP contribution < -0.4 is 5.32 Å². The zero-order valence-corrected chi connectivity index (χ0v) is 15.0. The first kappa shape index (κ1) is 16.8. The summed E-state index contributed by atoms with van der Waals surface area (Å²) >= 11 is 0. The summed E-state index contributed by atoms with van der Waals surface area (Å²) in [6.07, 6.45) is 7.20. The van der Waals surface area contributed by atoms with Gasteiger partial charge in [0.25, 0.3) is 0 Å². The van der Waals surface area contributed by atoms with Crippen LogP contribution >= 0.6 is 0 Å². The van der Waals surface area contributed by atoms with Gasteiger partial charge in [0.15, 0.2) is 0 Å². The van der Waals surface area contributed by atoms with E-state index >= 15 is 0 Å². The molecule has 1 aliphatic heterocycles. The molecule has 0 spiro atoms. The van der Waals surface area contributed by atoms with E-state index in [4.69, 9.17) is 0 Å². The number of aryl methyl sites for hydroxylation is 1. The highest BCUT2D eigenvalue weighted by molar-refractivity contribution is 5.81. The number of likely N-dealkylation sites (tertiary alicyclic amines) is 1. The van der Waals surface area contributed by atoms with Gasteiger partial charge >= 0.3 is 0 Å². The first-order chi connectivity index (χ1) is 12.6. The highest BCUT2D eigenvalue weighted by atomic mass is 16.2. The maximum atomic E-state index is 12.6. The first-order valence-electron chi connectivity index (χ1n) is 9.25. The van der Waals surface area contributed by atoms with Crippen molar-refractivity contribution in [3.8, 4) is 0 Å². The number of imidazole rings is 1. The largest absolute Gasteiger partial charge is 0.351 e. The predicted molar refractivity (Wildman–Crippen MR) is 97.1 cm³/mol. The van der Waals surface area contributed by atoms with Gasteiger partial charge in [-0.05, 0) is 24.8 Å². The number of hydrogen-bond acceptors (Lipinski definition) is 3. The fourth-order valence-electron chi connectivity index (χ4n) is 3.86. The van der Waals surface area contributed by atoms with Crippen molar-refractivity contribution in [3.63, 3.8) is 0 Å². The van der Waals surface area contributed by atoms with E-state index in [0.717, 1.165) is 24.2 Å². The Morgan fingerprint density at radius 1 is 1.23 bits per heavy atom. The van der Waals surface area contributed by atoms with E-state index in [2.05, 4.69) is 10.3 Å². The van der Waals surface area contributed by atoms with Crippen LogP contribution in [-0.4, -0.2) is 38.3 Å². The van der Waals surface area contributed by atoms with Crippen LogP contribution in [0.1, 0.15) is 43.1 Å². The fourth-order valence-corrected chi connectivity index (χ4v) is 3.86. The Balaban J connectivity index is 1.55. The molecule has 6 nitrogen and oxygen atoms in total. The van der Waals surface area contributed by atoms with Crippen LogP contribution in [0.4, 0.5) is 0 Å². The number of benzene rings is 1. The van der Waals surface area contributed by atoms with E-state index in [1.54, 1.807) is 6.20 Å². The van der Waals surface area contributed by atoms with E-state index in [1.165, 1.54) is 0 Å². The number of piperidine rings is 1. The van der Waals surface area contributed by atoms with Gasteiger partial charge in [-0.3, -0.25) is 9.59 Å². The summed E-state index contributed by atoms with van der Waals surface area (Å²) in [5, 5.41) is 3.18. The first-order valence-corrected chi connectivity index (χ1v) is 9.25. The minimum absolute atomic E-state index is 0.00879. The lowest BCUT2D eigenvalue weighted by Crippen LogP contribution is -2.53. The van der Waals surface area contributed by atoms with Crippen LogP contribution in [0.2, 0.25) is 0 Å². The van der Waals surface area contributed by atoms with E-state index in [1.807, 2.05) is 53.0 Å². The molecule has 1 N–H and O–H groups in total. The van der Waals surface area contributed by atoms with Crippen LogP contribution in [0.3, 0.4) is 0 Å². The zero-order chi connectivity index (χ0) is 18.1. The molecule has 2 amide bonds. The quantitative estimate of drug-likeness (QED) is 0.895. The lowest BCUT2D eigenvalue weighted by molar-refractivity contribution is -0.140. The molecule has 1 aromatic carbocycles. The number of rotatable bonds is 5. The number of nitrogens with zero attached hydrogens (tertiary/aromatic N) is 3. The molecule has 26 heavy (non-hydrogen) atoms. The van der Waals surface area contributed by atoms with Gasteiger partial charge in [-0.15, -0.1) is 0 Å². The molecule has 1 saturated carbocycles. The number of amides is 2. The maximum Gasteiger partial charge on any atom is 0.224 e. The normalized spacial score (nSPS) is 23.1. The van der Waals surface area contributed by atoms with Crippen molar-refractivity contribution < 1.29 is 9.59 Å². The van der Waals surface area contributed by atoms with E-state index in [-0.39, 0.29) is 29.9 Å². The second-order valence-corrected chi connectivity index (χ2v) is 7.25. The van der Waals surface area contributed by atoms with Crippen LogP contribution in [0.5, 0.6) is 0 Å². The van der Waals surface area contributed by atoms with Crippen LogP contribution in [-0.2, 0) is 23.1 Å². The molecule has 2 aromatic rings. The fraction of sp³-hybridized carbons (Fsp3) is 0.450. The smallest absolute Gasteiger partial charge is 0.224 e. The highest BCUT2D eigenvalue weighted by Gasteiger charge is 2.46. The molecule has 1 aliphatic carbocycles. The second-order valence-electron chi connectivity index (χ2n) is 7.25. The Labute approximate surface area is 153 Å². The molecule has 2 atom stereocenters. The van der Waals surface area contributed by atoms with Gasteiger partial charge in [0.2, 0.25) is 11.8 Å². The molecule has 1 aromatic heterocycles. The number of carbonyl (C=O) groups excluding carboxylic acids is 2. The van der Waals surface area contributed by atoms with Crippen LogP contribution in [0, 0.1) is 0 Å². The van der Waals surface area contributed by atoms with Crippen LogP contribution in [0.25, 0.3) is 0 Å². The van der Waals surface area contributed by atoms with Gasteiger partial charge < -0.3 is 14.8 Å². The van der Waals surface area contributed by atoms with Crippen molar-refractivity contribution >= 4 is 11.8 Å². The Morgan fingerprint density at radius 2 is 2.00 bits per heavy atom. The third-order valence-electron chi connectivity index (χ3n) is 5.26. The van der Waals surface area contributed by atoms with Crippen molar-refractivity contribution in [2.24, 2.45) is 7.05 Å². The molecule has 2 aliphatic rings. The minimum Gasteiger partial charge on any atom is -0.351 e. The third-order valence-corrected chi connectivity index (χ3v) is 5.26. The van der Waals surface area contributed by atoms with Gasteiger partial charge in [-0.25, -0.2) is 4.98 Å². The molecule has 1 saturated heterocycles. The molecular weight excluding hydrogens is 328 g/mol. The predicted octanol–water partition coefficient (Wildman–Crippen LogP) is 1.97. The van der Waals surface area contributed by atoms with Crippen molar-refractivity contribution in [1.29, 1.82) is 0 Å². The molecule has 0 bridgehead atoms. The number of carbonyl (C=O) groups is 2. The summed E-state index contributed by atoms with van der Waals surface area (Å²) in [6, 6.07) is 9.72. The standard InChI is InChI=1S/C20H24N4O2/c1-23-12-11-21-20(23)19-16(9-10-18(26)24(19)15-7-8-15)22-17(25)13-14-5-3-2-4-6-14/h2-6,11-12,15-16,19H,7-10,13H2,1H3,(H,22,25)/t16-,19-/m1/s1. The number of nitrogens with one attached hydrogen (secondary N) is 1. The summed E-state index contributed by atoms with van der Waals surface area (Å²) in [7, 11) is 1.94. The Hall–Kier alpha value is -2.63. The summed E-state index contributed by atoms with van der Waals surface area (Å²) < 4.78 is 1.95. The summed E-state index contributed by atoms with van der Waals surface area (Å²) in [4.78, 5) is 31.7. The Morgan fingerprint density at radius 3 is 2.65 bits per heavy atom. The van der Waals surface area contributed by atoms with Gasteiger partial charge in [-0.1, -0.05) is 30.3 Å². The summed E-state index contributed by atoms with van der Waals surface area (Å²) in [6.45, 7) is 0. The summed E-state index contributed by atoms with van der Waals surface area (Å²) in [5.41, 5.74) is 0.990. The minimum atomic E-state index is -0.191. The van der Waals surface area contributed by atoms with Gasteiger partial charge in [0, 0.05) is 31.9 Å². The molecule has 4 rings (SSSR count). The second kappa shape index (κ2) is 6.94. The molecule has 136 valence electrons. The average Bonchev–Trinajstić information content (AvgIpc) is 3.38. The summed E-state index contributed by atoms with van der Waals surface area (Å²) in [5.74, 6) is 1.01. The third kappa shape index (κ3) is 3.36. The topological polar surface area (TPSA) is 67.2 Å². The van der Waals surface area contributed by atoms with Crippen molar-refractivity contribution in [1.82, 2.24) is 19.8 Å².